The van der Waals surface area contributed by atoms with Crippen LogP contribution < -0.4 is 10.5 Å². The summed E-state index contributed by atoms with van der Waals surface area (Å²) in [5.41, 5.74) is 11.2. The lowest BCUT2D eigenvalue weighted by Gasteiger charge is -2.11. The number of carbonyl (C=O) groups is 2. The molecule has 180 valence electrons. The molecule has 2 N–H and O–H groups in total. The minimum Gasteiger partial charge on any atom is -0.480 e. The van der Waals surface area contributed by atoms with E-state index in [4.69, 9.17) is 26.8 Å². The van der Waals surface area contributed by atoms with Crippen LogP contribution in [-0.2, 0) is 40.2 Å². The topological polar surface area (TPSA) is 83.0 Å². The summed E-state index contributed by atoms with van der Waals surface area (Å²) >= 11 is 6.21. The second-order valence-corrected chi connectivity index (χ2v) is 8.67. The largest absolute Gasteiger partial charge is 0.480 e. The van der Waals surface area contributed by atoms with Gasteiger partial charge in [-0.05, 0) is 52.9 Å². The Kier molecular flexibility index (Phi) is 7.73. The van der Waals surface area contributed by atoms with Gasteiger partial charge in [-0.15, -0.1) is 0 Å². The third-order valence-electron chi connectivity index (χ3n) is 5.80. The number of nitrogens with zero attached hydrogens (tertiary/aromatic N) is 1. The molecule has 2 heterocycles. The van der Waals surface area contributed by atoms with E-state index < -0.39 is 11.9 Å². The van der Waals surface area contributed by atoms with E-state index in [1.165, 1.54) is 0 Å². The molecule has 0 spiro atoms. The Labute approximate surface area is 209 Å². The van der Waals surface area contributed by atoms with Crippen molar-refractivity contribution in [2.24, 2.45) is 5.73 Å². The van der Waals surface area contributed by atoms with Crippen LogP contribution in [0.2, 0.25) is 5.02 Å². The number of nitrogens with two attached hydrogens (primary N) is 1. The van der Waals surface area contributed by atoms with Crippen molar-refractivity contribution in [3.63, 3.8) is 0 Å². The van der Waals surface area contributed by atoms with E-state index >= 15 is 0 Å². The minimum atomic E-state index is -0.478. The third kappa shape index (κ3) is 5.84. The number of fused-ring (bicyclic) bond motifs is 1. The van der Waals surface area contributed by atoms with Gasteiger partial charge in [-0.25, -0.2) is 4.79 Å². The molecule has 4 aromatic rings. The Morgan fingerprint density at radius 3 is 2.46 bits per heavy atom. The predicted octanol–water partition coefficient (Wildman–Crippen LogP) is 4.90. The summed E-state index contributed by atoms with van der Waals surface area (Å²) in [6, 6.07) is 20.8. The SMILES string of the molecule is CCc1c(CC(N)=O)c2c(OCC(=O)OCc3ccccc3)cccn2c1Cc1cccc(Cl)c1. The summed E-state index contributed by atoms with van der Waals surface area (Å²) < 4.78 is 13.3. The second kappa shape index (κ2) is 11.1. The van der Waals surface area contributed by atoms with Gasteiger partial charge < -0.3 is 19.6 Å². The number of carbonyl (C=O) groups excluding carboxylic acids is 2. The zero-order valence-corrected chi connectivity index (χ0v) is 20.3. The van der Waals surface area contributed by atoms with Crippen molar-refractivity contribution in [1.29, 1.82) is 0 Å². The monoisotopic (exact) mass is 490 g/mol. The first-order valence-corrected chi connectivity index (χ1v) is 11.8. The second-order valence-electron chi connectivity index (χ2n) is 8.23. The molecule has 2 aromatic carbocycles. The van der Waals surface area contributed by atoms with Crippen LogP contribution in [0.4, 0.5) is 0 Å². The molecular formula is C28H27ClN2O4. The summed E-state index contributed by atoms with van der Waals surface area (Å²) in [6.45, 7) is 1.97. The van der Waals surface area contributed by atoms with Gasteiger partial charge in [0, 0.05) is 23.3 Å². The molecule has 0 bridgehead atoms. The molecule has 0 saturated carbocycles. The van der Waals surface area contributed by atoms with E-state index in [-0.39, 0.29) is 19.6 Å². The average molecular weight is 491 g/mol. The smallest absolute Gasteiger partial charge is 0.344 e. The summed E-state index contributed by atoms with van der Waals surface area (Å²) in [7, 11) is 0. The van der Waals surface area contributed by atoms with Crippen LogP contribution in [0.25, 0.3) is 5.52 Å². The highest BCUT2D eigenvalue weighted by atomic mass is 35.5. The van der Waals surface area contributed by atoms with Gasteiger partial charge in [0.15, 0.2) is 6.61 Å². The number of amides is 1. The van der Waals surface area contributed by atoms with Crippen LogP contribution in [0.3, 0.4) is 0 Å². The van der Waals surface area contributed by atoms with Crippen LogP contribution >= 0.6 is 11.6 Å². The first-order valence-electron chi connectivity index (χ1n) is 11.4. The van der Waals surface area contributed by atoms with Crippen molar-refractivity contribution >= 4 is 29.0 Å². The molecule has 0 fully saturated rings. The maximum atomic E-state index is 12.3. The highest BCUT2D eigenvalue weighted by molar-refractivity contribution is 6.30. The molecule has 2 aromatic heterocycles. The first kappa shape index (κ1) is 24.4. The Morgan fingerprint density at radius 2 is 1.74 bits per heavy atom. The highest BCUT2D eigenvalue weighted by Gasteiger charge is 2.22. The van der Waals surface area contributed by atoms with Gasteiger partial charge in [-0.1, -0.05) is 61.0 Å². The predicted molar refractivity (Wildman–Crippen MR) is 136 cm³/mol. The van der Waals surface area contributed by atoms with Crippen molar-refractivity contribution in [2.45, 2.75) is 32.8 Å². The average Bonchev–Trinajstić information content (AvgIpc) is 3.14. The van der Waals surface area contributed by atoms with Crippen molar-refractivity contribution in [3.8, 4) is 5.75 Å². The number of esters is 1. The van der Waals surface area contributed by atoms with Crippen molar-refractivity contribution in [1.82, 2.24) is 4.40 Å². The molecule has 0 atom stereocenters. The maximum absolute atomic E-state index is 12.3. The fourth-order valence-corrected chi connectivity index (χ4v) is 4.53. The Morgan fingerprint density at radius 1 is 0.971 bits per heavy atom. The van der Waals surface area contributed by atoms with Crippen LogP contribution in [0.1, 0.15) is 34.9 Å². The van der Waals surface area contributed by atoms with Gasteiger partial charge in [0.25, 0.3) is 0 Å². The number of primary amides is 1. The van der Waals surface area contributed by atoms with Gasteiger partial charge in [0.1, 0.15) is 12.4 Å². The zero-order valence-electron chi connectivity index (χ0n) is 19.5. The Balaban J connectivity index is 1.64. The van der Waals surface area contributed by atoms with E-state index in [0.29, 0.717) is 23.6 Å². The number of hydrogen-bond acceptors (Lipinski definition) is 4. The lowest BCUT2D eigenvalue weighted by Crippen LogP contribution is -2.16. The molecule has 0 radical (unpaired) electrons. The summed E-state index contributed by atoms with van der Waals surface area (Å²) in [4.78, 5) is 24.3. The maximum Gasteiger partial charge on any atom is 0.344 e. The quantitative estimate of drug-likeness (QED) is 0.321. The van der Waals surface area contributed by atoms with Crippen LogP contribution in [-0.4, -0.2) is 22.9 Å². The number of rotatable bonds is 10. The number of pyridine rings is 1. The third-order valence-corrected chi connectivity index (χ3v) is 6.03. The van der Waals surface area contributed by atoms with E-state index in [1.54, 1.807) is 6.07 Å². The first-order chi connectivity index (χ1) is 17.0. The molecule has 6 nitrogen and oxygen atoms in total. The van der Waals surface area contributed by atoms with Crippen molar-refractivity contribution in [2.75, 3.05) is 6.61 Å². The molecule has 35 heavy (non-hydrogen) atoms. The number of aromatic nitrogens is 1. The molecule has 4 rings (SSSR count). The number of halogens is 1. The van der Waals surface area contributed by atoms with Crippen LogP contribution in [0.15, 0.2) is 72.9 Å². The Bertz CT molecular complexity index is 1350. The van der Waals surface area contributed by atoms with Gasteiger partial charge in [-0.3, -0.25) is 4.79 Å². The minimum absolute atomic E-state index is 0.0705. The number of ether oxygens (including phenoxy) is 2. The van der Waals surface area contributed by atoms with Crippen LogP contribution in [0.5, 0.6) is 5.75 Å². The Hall–Kier alpha value is -3.77. The molecule has 0 aliphatic carbocycles. The van der Waals surface area contributed by atoms with E-state index in [2.05, 4.69) is 0 Å². The number of benzene rings is 2. The molecular weight excluding hydrogens is 464 g/mol. The van der Waals surface area contributed by atoms with Gasteiger partial charge in [0.2, 0.25) is 5.91 Å². The molecule has 0 aliphatic rings. The number of hydrogen-bond donors (Lipinski definition) is 1. The van der Waals surface area contributed by atoms with E-state index in [1.807, 2.05) is 78.2 Å². The standard InChI is InChI=1S/C28H27ClN2O4/c1-2-22-23(16-26(30)32)28-25(34-18-27(33)35-17-19-8-4-3-5-9-19)12-7-13-31(28)24(22)15-20-10-6-11-21(29)14-20/h3-14H,2,15-18H2,1H3,(H2,30,32). The summed E-state index contributed by atoms with van der Waals surface area (Å²) in [5.74, 6) is -0.417. The fraction of sp³-hybridized carbons (Fsp3) is 0.214. The van der Waals surface area contributed by atoms with E-state index in [9.17, 15) is 9.59 Å². The molecule has 1 amide bonds. The van der Waals surface area contributed by atoms with Gasteiger partial charge >= 0.3 is 5.97 Å². The fourth-order valence-electron chi connectivity index (χ4n) is 4.32. The van der Waals surface area contributed by atoms with E-state index in [0.717, 1.165) is 33.5 Å². The van der Waals surface area contributed by atoms with Crippen molar-refractivity contribution < 1.29 is 19.1 Å². The summed E-state index contributed by atoms with van der Waals surface area (Å²) in [5, 5.41) is 0.664. The van der Waals surface area contributed by atoms with Crippen LogP contribution in [0, 0.1) is 0 Å². The molecule has 7 heteroatoms. The normalized spacial score (nSPS) is 10.9. The lowest BCUT2D eigenvalue weighted by atomic mass is 10.00. The molecule has 0 saturated heterocycles. The summed E-state index contributed by atoms with van der Waals surface area (Å²) in [6.07, 6.45) is 3.32. The zero-order chi connectivity index (χ0) is 24.8. The molecule has 0 aliphatic heterocycles. The van der Waals surface area contributed by atoms with Gasteiger partial charge in [-0.2, -0.15) is 0 Å². The van der Waals surface area contributed by atoms with Gasteiger partial charge in [0.05, 0.1) is 11.9 Å². The highest BCUT2D eigenvalue weighted by Crippen LogP contribution is 2.33. The lowest BCUT2D eigenvalue weighted by molar-refractivity contribution is -0.147. The molecule has 0 unspecified atom stereocenters. The van der Waals surface area contributed by atoms with Crippen molar-refractivity contribution in [3.05, 3.63) is 106 Å².